The van der Waals surface area contributed by atoms with Crippen molar-refractivity contribution in [2.24, 2.45) is 0 Å². The molecule has 4 rings (SSSR count). The van der Waals surface area contributed by atoms with Crippen LogP contribution in [0.25, 0.3) is 0 Å². The summed E-state index contributed by atoms with van der Waals surface area (Å²) in [7, 11) is 0. The van der Waals surface area contributed by atoms with Gasteiger partial charge in [-0.1, -0.05) is 17.7 Å². The van der Waals surface area contributed by atoms with Crippen LogP contribution in [0.3, 0.4) is 0 Å². The van der Waals surface area contributed by atoms with Crippen LogP contribution in [-0.4, -0.2) is 53.1 Å². The lowest BCUT2D eigenvalue weighted by Gasteiger charge is -2.28. The van der Waals surface area contributed by atoms with Gasteiger partial charge in [-0.25, -0.2) is 4.21 Å². The Hall–Kier alpha value is -0.870. The summed E-state index contributed by atoms with van der Waals surface area (Å²) in [6, 6.07) is 4.01. The molecular weight excluding hydrogens is 396 g/mol. The van der Waals surface area contributed by atoms with Crippen LogP contribution < -0.4 is 0 Å². The molecule has 0 N–H and O–H groups in total. The molecule has 6 atom stereocenters. The maximum Gasteiger partial charge on any atom is 0.190 e. The van der Waals surface area contributed by atoms with Crippen molar-refractivity contribution in [3.63, 3.8) is 0 Å². The Bertz CT molecular complexity index is 798. The molecule has 0 bridgehead atoms. The molecule has 8 heteroatoms. The number of benzene rings is 1. The number of rotatable bonds is 4. The second-order valence-electron chi connectivity index (χ2n) is 8.96. The van der Waals surface area contributed by atoms with E-state index >= 15 is 0 Å². The molecule has 29 heavy (non-hydrogen) atoms. The number of aryl methyl sites for hydroxylation is 3. The lowest BCUT2D eigenvalue weighted by molar-refractivity contribution is -0.230. The van der Waals surface area contributed by atoms with Crippen LogP contribution in [0.1, 0.15) is 44.4 Å². The first-order valence-corrected chi connectivity index (χ1v) is 11.0. The monoisotopic (exact) mass is 426 g/mol. The van der Waals surface area contributed by atoms with Gasteiger partial charge in [-0.2, -0.15) is 0 Å². The maximum absolute atomic E-state index is 13.3. The molecule has 0 aliphatic carbocycles. The molecule has 0 unspecified atom stereocenters. The molecule has 0 spiro atoms. The van der Waals surface area contributed by atoms with E-state index in [1.165, 1.54) is 0 Å². The van der Waals surface area contributed by atoms with E-state index in [2.05, 4.69) is 0 Å². The van der Waals surface area contributed by atoms with E-state index in [4.69, 9.17) is 27.9 Å². The minimum absolute atomic E-state index is 0.357. The minimum atomic E-state index is -1.69. The highest BCUT2D eigenvalue weighted by molar-refractivity contribution is 7.80. The van der Waals surface area contributed by atoms with Gasteiger partial charge >= 0.3 is 0 Å². The molecule has 0 saturated carbocycles. The highest BCUT2D eigenvalue weighted by Crippen LogP contribution is 2.42. The van der Waals surface area contributed by atoms with E-state index in [0.717, 1.165) is 16.7 Å². The van der Waals surface area contributed by atoms with Crippen LogP contribution in [0.5, 0.6) is 0 Å². The summed E-state index contributed by atoms with van der Waals surface area (Å²) in [5, 5.41) is 0. The van der Waals surface area contributed by atoms with E-state index < -0.39 is 47.3 Å². The molecule has 3 aliphatic rings. The fourth-order valence-electron chi connectivity index (χ4n) is 4.37. The minimum Gasteiger partial charge on any atom is -0.348 e. The Morgan fingerprint density at radius 3 is 2.21 bits per heavy atom. The van der Waals surface area contributed by atoms with Crippen molar-refractivity contribution in [2.45, 2.75) is 95.6 Å². The van der Waals surface area contributed by atoms with Crippen LogP contribution in [0.2, 0.25) is 0 Å². The van der Waals surface area contributed by atoms with Crippen molar-refractivity contribution in [3.8, 4) is 0 Å². The zero-order chi connectivity index (χ0) is 21.1. The Morgan fingerprint density at radius 2 is 1.62 bits per heavy atom. The molecule has 162 valence electrons. The molecule has 0 aromatic heterocycles. The van der Waals surface area contributed by atoms with Crippen LogP contribution in [0.4, 0.5) is 0 Å². The van der Waals surface area contributed by atoms with Crippen molar-refractivity contribution in [1.29, 1.82) is 0 Å². The number of ether oxygens (including phenoxy) is 5. The number of fused-ring (bicyclic) bond motifs is 1. The standard InChI is InChI=1S/C21H30O7S/c1-11-8-12(2)18(13(3)9-11)29(22)28-16-15(14-10-23-20(4,5)25-14)24-19-17(16)26-21(6,7)27-19/h8-9,14-17,19H,10H2,1-7H3/t14-,15-,16+,17-,19-,29+/m1/s1. The number of hydrogen-bond donors (Lipinski definition) is 0. The predicted molar refractivity (Wildman–Crippen MR) is 106 cm³/mol. The molecule has 3 saturated heterocycles. The molecule has 0 amide bonds. The molecule has 1 aromatic carbocycles. The van der Waals surface area contributed by atoms with Gasteiger partial charge in [-0.05, 0) is 59.6 Å². The van der Waals surface area contributed by atoms with E-state index in [0.29, 0.717) is 11.5 Å². The summed E-state index contributed by atoms with van der Waals surface area (Å²) in [6.07, 6.45) is -2.61. The van der Waals surface area contributed by atoms with Gasteiger partial charge in [0.25, 0.3) is 0 Å². The van der Waals surface area contributed by atoms with Crippen molar-refractivity contribution in [2.75, 3.05) is 6.61 Å². The maximum atomic E-state index is 13.3. The van der Waals surface area contributed by atoms with Crippen molar-refractivity contribution in [1.82, 2.24) is 0 Å². The van der Waals surface area contributed by atoms with Gasteiger partial charge in [0.15, 0.2) is 28.9 Å². The molecular formula is C21H30O7S. The highest BCUT2D eigenvalue weighted by atomic mass is 32.2. The van der Waals surface area contributed by atoms with Gasteiger partial charge in [0.2, 0.25) is 0 Å². The first kappa shape index (κ1) is 21.4. The Balaban J connectivity index is 1.60. The summed E-state index contributed by atoms with van der Waals surface area (Å²) in [5.74, 6) is -1.51. The third-order valence-electron chi connectivity index (χ3n) is 5.39. The molecule has 3 heterocycles. The first-order chi connectivity index (χ1) is 13.5. The van der Waals surface area contributed by atoms with Gasteiger partial charge in [0, 0.05) is 0 Å². The summed E-state index contributed by atoms with van der Waals surface area (Å²) >= 11 is -1.69. The molecule has 7 nitrogen and oxygen atoms in total. The third-order valence-corrected chi connectivity index (χ3v) is 6.77. The van der Waals surface area contributed by atoms with Crippen molar-refractivity contribution in [3.05, 3.63) is 28.8 Å². The van der Waals surface area contributed by atoms with Crippen LogP contribution in [0, 0.1) is 20.8 Å². The Morgan fingerprint density at radius 1 is 0.966 bits per heavy atom. The van der Waals surface area contributed by atoms with Crippen LogP contribution in [0.15, 0.2) is 17.0 Å². The lowest BCUT2D eigenvalue weighted by atomic mass is 10.1. The van der Waals surface area contributed by atoms with Crippen LogP contribution in [-0.2, 0) is 38.9 Å². The normalized spacial score (nSPS) is 36.3. The van der Waals surface area contributed by atoms with E-state index in [1.54, 1.807) is 0 Å². The second kappa shape index (κ2) is 7.37. The van der Waals surface area contributed by atoms with Crippen LogP contribution >= 0.6 is 0 Å². The highest BCUT2D eigenvalue weighted by Gasteiger charge is 2.59. The topological polar surface area (TPSA) is 72.5 Å². The van der Waals surface area contributed by atoms with Gasteiger partial charge in [-0.3, -0.25) is 4.18 Å². The summed E-state index contributed by atoms with van der Waals surface area (Å²) in [6.45, 7) is 13.6. The van der Waals surface area contributed by atoms with E-state index in [9.17, 15) is 4.21 Å². The average molecular weight is 427 g/mol. The van der Waals surface area contributed by atoms with E-state index in [-0.39, 0.29) is 6.10 Å². The van der Waals surface area contributed by atoms with Crippen molar-refractivity contribution >= 4 is 11.1 Å². The largest absolute Gasteiger partial charge is 0.348 e. The number of hydrogen-bond acceptors (Lipinski definition) is 7. The smallest absolute Gasteiger partial charge is 0.190 e. The zero-order valence-corrected chi connectivity index (χ0v) is 18.8. The predicted octanol–water partition coefficient (Wildman–Crippen LogP) is 3.05. The molecule has 0 radical (unpaired) electrons. The van der Waals surface area contributed by atoms with Crippen molar-refractivity contribution < 1.29 is 32.1 Å². The van der Waals surface area contributed by atoms with Gasteiger partial charge in [-0.15, -0.1) is 0 Å². The molecule has 1 aromatic rings. The Labute approximate surface area is 174 Å². The first-order valence-electron chi connectivity index (χ1n) is 9.95. The zero-order valence-electron chi connectivity index (χ0n) is 18.0. The lowest BCUT2D eigenvalue weighted by Crippen LogP contribution is -2.44. The fourth-order valence-corrected chi connectivity index (χ4v) is 5.53. The summed E-state index contributed by atoms with van der Waals surface area (Å²) in [5.41, 5.74) is 2.98. The van der Waals surface area contributed by atoms with Gasteiger partial charge in [0.05, 0.1) is 11.5 Å². The Kier molecular flexibility index (Phi) is 5.43. The van der Waals surface area contributed by atoms with E-state index in [1.807, 2.05) is 60.6 Å². The fraction of sp³-hybridized carbons (Fsp3) is 0.714. The third kappa shape index (κ3) is 4.17. The second-order valence-corrected chi connectivity index (χ2v) is 10.0. The summed E-state index contributed by atoms with van der Waals surface area (Å²) in [4.78, 5) is 0.680. The van der Waals surface area contributed by atoms with Gasteiger partial charge in [0.1, 0.15) is 24.4 Å². The SMILES string of the molecule is Cc1cc(C)c([S@@](=O)O[C@@H]2[C@H]3OC(C)(C)O[C@H]3O[C@@H]2[C@H]2COC(C)(C)O2)c(C)c1. The average Bonchev–Trinajstić information content (AvgIpc) is 3.17. The molecule has 3 aliphatic heterocycles. The quantitative estimate of drug-likeness (QED) is 0.733. The molecule has 3 fully saturated rings. The van der Waals surface area contributed by atoms with Gasteiger partial charge < -0.3 is 23.7 Å². The summed E-state index contributed by atoms with van der Waals surface area (Å²) < 4.78 is 49.1.